The molecule has 5 heterocycles. The lowest BCUT2D eigenvalue weighted by molar-refractivity contribution is 0.0501. The highest BCUT2D eigenvalue weighted by molar-refractivity contribution is 5.94. The fourth-order valence-corrected chi connectivity index (χ4v) is 7.28. The Bertz CT molecular complexity index is 1730. The number of rotatable bonds is 6. The standard InChI is InChI=1S/C31H37N7O4/c1-17-24(23-13-19-7-6-12-32-27(19)35(23)14-18-8-9-18)34-37-16-21(33-28(42-5)25(17)37)29(39)36-15-20-10-11-22(36)26(20)38(30(40)41)31(2,3)4/h6-7,12-13,16,18,20,22,26H,8-11,14-15H2,1-5H3,(H,40,41)/t20?,22?,26-/m1/s1. The van der Waals surface area contributed by atoms with Crippen LogP contribution in [0.3, 0.4) is 0 Å². The summed E-state index contributed by atoms with van der Waals surface area (Å²) in [6.45, 7) is 9.12. The number of nitrogens with zero attached hydrogens (tertiary/aromatic N) is 7. The van der Waals surface area contributed by atoms with E-state index in [-0.39, 0.29) is 29.6 Å². The van der Waals surface area contributed by atoms with Gasteiger partial charge in [-0.05, 0) is 83.4 Å². The monoisotopic (exact) mass is 571 g/mol. The number of aromatic nitrogens is 5. The normalized spacial score (nSPS) is 21.9. The molecular formula is C31H37N7O4. The Hall–Kier alpha value is -4.15. The molecule has 4 aromatic rings. The van der Waals surface area contributed by atoms with Crippen molar-refractivity contribution < 1.29 is 19.4 Å². The molecule has 2 unspecified atom stereocenters. The first-order chi connectivity index (χ1) is 20.1. The van der Waals surface area contributed by atoms with Gasteiger partial charge >= 0.3 is 6.09 Å². The Balaban J connectivity index is 1.27. The number of hydrogen-bond acceptors (Lipinski definition) is 6. The molecular weight excluding hydrogens is 534 g/mol. The van der Waals surface area contributed by atoms with Crippen LogP contribution in [0, 0.1) is 18.8 Å². The zero-order valence-corrected chi connectivity index (χ0v) is 24.7. The molecule has 3 fully saturated rings. The third kappa shape index (κ3) is 4.12. The maximum atomic E-state index is 14.0. The average molecular weight is 572 g/mol. The van der Waals surface area contributed by atoms with Gasteiger partial charge in [0.2, 0.25) is 5.88 Å². The minimum absolute atomic E-state index is 0.0976. The number of methoxy groups -OCH3 is 1. The minimum atomic E-state index is -0.950. The summed E-state index contributed by atoms with van der Waals surface area (Å²) in [5, 5.41) is 16.1. The Morgan fingerprint density at radius 2 is 1.98 bits per heavy atom. The van der Waals surface area contributed by atoms with Gasteiger partial charge in [0.1, 0.15) is 16.9 Å². The van der Waals surface area contributed by atoms with Crippen molar-refractivity contribution in [2.24, 2.45) is 11.8 Å². The number of hydrogen-bond donors (Lipinski definition) is 1. The van der Waals surface area contributed by atoms with Crippen LogP contribution in [-0.2, 0) is 6.54 Å². The van der Waals surface area contributed by atoms with E-state index >= 15 is 0 Å². The molecule has 0 spiro atoms. The summed E-state index contributed by atoms with van der Waals surface area (Å²) in [7, 11) is 1.55. The SMILES string of the molecule is COc1nc(C(=O)N2CC3CCC2[C@@H]3N(C(=O)O)C(C)(C)C)cn2nc(-c3cc4cccnc4n3CC3CC3)c(C)c12. The number of likely N-dealkylation sites (tertiary alicyclic amines) is 1. The average Bonchev–Trinajstić information content (AvgIpc) is 3.27. The van der Waals surface area contributed by atoms with Crippen molar-refractivity contribution in [3.63, 3.8) is 0 Å². The lowest BCUT2D eigenvalue weighted by atomic mass is 9.98. The van der Waals surface area contributed by atoms with Gasteiger partial charge in [-0.3, -0.25) is 9.69 Å². The van der Waals surface area contributed by atoms with E-state index in [0.717, 1.165) is 47.4 Å². The topological polar surface area (TPSA) is 118 Å². The second-order valence-corrected chi connectivity index (χ2v) is 13.1. The molecule has 1 saturated heterocycles. The van der Waals surface area contributed by atoms with Gasteiger partial charge < -0.3 is 19.3 Å². The number of aryl methyl sites for hydroxylation is 1. The van der Waals surface area contributed by atoms with Crippen LogP contribution in [0.1, 0.15) is 62.5 Å². The summed E-state index contributed by atoms with van der Waals surface area (Å²) in [5.74, 6) is 0.853. The Labute approximate surface area is 244 Å². The third-order valence-electron chi connectivity index (χ3n) is 9.29. The van der Waals surface area contributed by atoms with Crippen LogP contribution in [-0.4, -0.2) is 82.3 Å². The van der Waals surface area contributed by atoms with Crippen LogP contribution in [0.4, 0.5) is 4.79 Å². The smallest absolute Gasteiger partial charge is 0.408 e. The quantitative estimate of drug-likeness (QED) is 0.351. The lowest BCUT2D eigenvalue weighted by Gasteiger charge is -2.40. The molecule has 3 atom stereocenters. The molecule has 11 nitrogen and oxygen atoms in total. The van der Waals surface area contributed by atoms with Gasteiger partial charge in [-0.15, -0.1) is 0 Å². The first-order valence-corrected chi connectivity index (χ1v) is 14.8. The predicted octanol–water partition coefficient (Wildman–Crippen LogP) is 4.85. The van der Waals surface area contributed by atoms with Crippen LogP contribution in [0.15, 0.2) is 30.6 Å². The molecule has 2 bridgehead atoms. The van der Waals surface area contributed by atoms with E-state index in [1.54, 1.807) is 22.7 Å². The summed E-state index contributed by atoms with van der Waals surface area (Å²) in [6.07, 6.45) is 6.67. The molecule has 11 heteroatoms. The fourth-order valence-electron chi connectivity index (χ4n) is 7.28. The van der Waals surface area contributed by atoms with Crippen molar-refractivity contribution in [2.75, 3.05) is 13.7 Å². The molecule has 0 aromatic carbocycles. The van der Waals surface area contributed by atoms with Crippen molar-refractivity contribution in [1.82, 2.24) is 33.9 Å². The maximum absolute atomic E-state index is 14.0. The van der Waals surface area contributed by atoms with Crippen molar-refractivity contribution in [3.05, 3.63) is 41.9 Å². The number of amides is 2. The van der Waals surface area contributed by atoms with Crippen molar-refractivity contribution in [2.45, 2.75) is 77.5 Å². The zero-order chi connectivity index (χ0) is 29.5. The summed E-state index contributed by atoms with van der Waals surface area (Å²) >= 11 is 0. The lowest BCUT2D eigenvalue weighted by Crippen LogP contribution is -2.55. The van der Waals surface area contributed by atoms with Gasteiger partial charge in [0.25, 0.3) is 5.91 Å². The van der Waals surface area contributed by atoms with Crippen LogP contribution in [0.25, 0.3) is 27.9 Å². The zero-order valence-electron chi connectivity index (χ0n) is 24.7. The highest BCUT2D eigenvalue weighted by atomic mass is 16.5. The number of fused-ring (bicyclic) bond motifs is 4. The van der Waals surface area contributed by atoms with Crippen LogP contribution in [0.2, 0.25) is 0 Å². The van der Waals surface area contributed by atoms with E-state index in [4.69, 9.17) is 9.84 Å². The molecule has 3 aliphatic rings. The van der Waals surface area contributed by atoms with E-state index in [9.17, 15) is 14.7 Å². The van der Waals surface area contributed by atoms with Gasteiger partial charge in [-0.2, -0.15) is 5.10 Å². The first-order valence-electron chi connectivity index (χ1n) is 14.8. The highest BCUT2D eigenvalue weighted by Gasteiger charge is 2.54. The van der Waals surface area contributed by atoms with Gasteiger partial charge in [0.05, 0.1) is 31.1 Å². The number of pyridine rings is 1. The summed E-state index contributed by atoms with van der Waals surface area (Å²) in [5.41, 5.74) is 4.03. The molecule has 7 rings (SSSR count). The molecule has 1 N–H and O–H groups in total. The van der Waals surface area contributed by atoms with E-state index in [1.165, 1.54) is 12.8 Å². The van der Waals surface area contributed by atoms with Crippen molar-refractivity contribution in [1.29, 1.82) is 0 Å². The first kappa shape index (κ1) is 26.7. The number of piperidine rings is 1. The molecule has 4 aromatic heterocycles. The third-order valence-corrected chi connectivity index (χ3v) is 9.29. The molecule has 2 saturated carbocycles. The van der Waals surface area contributed by atoms with E-state index in [2.05, 4.69) is 26.7 Å². The van der Waals surface area contributed by atoms with Crippen LogP contribution < -0.4 is 4.74 Å². The summed E-state index contributed by atoms with van der Waals surface area (Å²) < 4.78 is 9.70. The minimum Gasteiger partial charge on any atom is -0.479 e. The molecule has 2 aliphatic carbocycles. The second-order valence-electron chi connectivity index (χ2n) is 13.1. The van der Waals surface area contributed by atoms with Crippen LogP contribution >= 0.6 is 0 Å². The largest absolute Gasteiger partial charge is 0.479 e. The van der Waals surface area contributed by atoms with E-state index in [1.807, 2.05) is 44.9 Å². The van der Waals surface area contributed by atoms with E-state index in [0.29, 0.717) is 23.9 Å². The number of carboxylic acid groups (broad SMARTS) is 1. The Morgan fingerprint density at radius 3 is 2.67 bits per heavy atom. The Morgan fingerprint density at radius 1 is 1.19 bits per heavy atom. The maximum Gasteiger partial charge on any atom is 0.408 e. The second kappa shape index (κ2) is 9.43. The number of ether oxygens (including phenoxy) is 1. The Kier molecular flexibility index (Phi) is 6.00. The molecule has 0 radical (unpaired) electrons. The molecule has 1 aliphatic heterocycles. The van der Waals surface area contributed by atoms with Gasteiger partial charge in [0, 0.05) is 35.8 Å². The van der Waals surface area contributed by atoms with Gasteiger partial charge in [-0.25, -0.2) is 19.3 Å². The van der Waals surface area contributed by atoms with E-state index < -0.39 is 11.6 Å². The molecule has 42 heavy (non-hydrogen) atoms. The number of carbonyl (C=O) groups is 2. The van der Waals surface area contributed by atoms with Gasteiger partial charge in [0.15, 0.2) is 5.69 Å². The van der Waals surface area contributed by atoms with Crippen LogP contribution in [0.5, 0.6) is 5.88 Å². The molecule has 220 valence electrons. The van der Waals surface area contributed by atoms with Crippen molar-refractivity contribution >= 4 is 28.6 Å². The molecule has 2 amide bonds. The summed E-state index contributed by atoms with van der Waals surface area (Å²) in [4.78, 5) is 39.0. The predicted molar refractivity (Wildman–Crippen MR) is 157 cm³/mol. The van der Waals surface area contributed by atoms with Gasteiger partial charge in [-0.1, -0.05) is 0 Å². The highest BCUT2D eigenvalue weighted by Crippen LogP contribution is 2.44. The fraction of sp³-hybridized carbons (Fsp3) is 0.516. The number of carbonyl (C=O) groups excluding carboxylic acids is 1. The summed E-state index contributed by atoms with van der Waals surface area (Å²) in [6, 6.07) is 5.72. The van der Waals surface area contributed by atoms with Crippen molar-refractivity contribution in [3.8, 4) is 17.3 Å².